The highest BCUT2D eigenvalue weighted by Crippen LogP contribution is 2.14. The van der Waals surface area contributed by atoms with Crippen molar-refractivity contribution >= 4 is 5.97 Å². The van der Waals surface area contributed by atoms with Crippen LogP contribution in [0.3, 0.4) is 0 Å². The normalized spacial score (nSPS) is 12.2. The average molecular weight is 415 g/mol. The molecule has 0 aliphatic heterocycles. The monoisotopic (exact) mass is 414 g/mol. The maximum Gasteiger partial charge on any atom is 0.305 e. The van der Waals surface area contributed by atoms with Crippen molar-refractivity contribution in [1.82, 2.24) is 0 Å². The van der Waals surface area contributed by atoms with E-state index in [9.17, 15) is 4.79 Å². The molecule has 29 heavy (non-hydrogen) atoms. The minimum atomic E-state index is -0.520. The highest BCUT2D eigenvalue weighted by atomic mass is 16.6. The summed E-state index contributed by atoms with van der Waals surface area (Å²) in [6.07, 6.45) is 23.0. The number of esters is 1. The molecule has 0 aliphatic carbocycles. The highest BCUT2D eigenvalue weighted by Gasteiger charge is 2.12. The third kappa shape index (κ3) is 21.9. The number of rotatable bonds is 23. The summed E-state index contributed by atoms with van der Waals surface area (Å²) >= 11 is 0. The molecule has 1 unspecified atom stereocenters. The molecule has 1 N–H and O–H groups in total. The van der Waals surface area contributed by atoms with Crippen LogP contribution in [0.5, 0.6) is 0 Å². The number of hydrogen-bond donors (Lipinski definition) is 1. The van der Waals surface area contributed by atoms with Crippen LogP contribution in [-0.2, 0) is 14.3 Å². The van der Waals surface area contributed by atoms with Crippen LogP contribution in [0.25, 0.3) is 0 Å². The van der Waals surface area contributed by atoms with Gasteiger partial charge in [-0.1, -0.05) is 117 Å². The lowest BCUT2D eigenvalue weighted by atomic mass is 10.0. The Morgan fingerprint density at radius 2 is 1.10 bits per heavy atom. The van der Waals surface area contributed by atoms with Gasteiger partial charge in [-0.3, -0.25) is 4.79 Å². The first-order chi connectivity index (χ1) is 14.2. The Morgan fingerprint density at radius 1 is 0.690 bits per heavy atom. The van der Waals surface area contributed by atoms with Crippen LogP contribution in [0.2, 0.25) is 0 Å². The molecular weight excluding hydrogens is 364 g/mol. The van der Waals surface area contributed by atoms with Crippen molar-refractivity contribution in [2.24, 2.45) is 0 Å². The van der Waals surface area contributed by atoms with E-state index in [1.165, 1.54) is 103 Å². The molecule has 4 heteroatoms. The van der Waals surface area contributed by atoms with Gasteiger partial charge in [0.2, 0.25) is 0 Å². The van der Waals surface area contributed by atoms with E-state index < -0.39 is 6.10 Å². The van der Waals surface area contributed by atoms with Crippen LogP contribution < -0.4 is 0 Å². The molecule has 1 atom stereocenters. The average Bonchev–Trinajstić information content (AvgIpc) is 2.74. The SMILES string of the molecule is CCCCCCCCCCCCCCCCCCCOCC(CO)OC(=O)CC. The van der Waals surface area contributed by atoms with Crippen LogP contribution >= 0.6 is 0 Å². The summed E-state index contributed by atoms with van der Waals surface area (Å²) in [6, 6.07) is 0. The summed E-state index contributed by atoms with van der Waals surface area (Å²) in [5, 5.41) is 9.16. The molecule has 0 aromatic heterocycles. The first kappa shape index (κ1) is 28.4. The van der Waals surface area contributed by atoms with E-state index in [0.717, 1.165) is 6.42 Å². The van der Waals surface area contributed by atoms with Crippen molar-refractivity contribution in [2.45, 2.75) is 136 Å². The van der Waals surface area contributed by atoms with Crippen molar-refractivity contribution in [3.63, 3.8) is 0 Å². The maximum atomic E-state index is 11.2. The second-order valence-electron chi connectivity index (χ2n) is 8.38. The summed E-state index contributed by atoms with van der Waals surface area (Å²) in [5.74, 6) is -0.287. The van der Waals surface area contributed by atoms with E-state index >= 15 is 0 Å². The van der Waals surface area contributed by atoms with Crippen molar-refractivity contribution in [3.05, 3.63) is 0 Å². The summed E-state index contributed by atoms with van der Waals surface area (Å²) in [4.78, 5) is 11.2. The third-order valence-electron chi connectivity index (χ3n) is 5.49. The van der Waals surface area contributed by atoms with E-state index in [2.05, 4.69) is 6.92 Å². The molecule has 0 aromatic carbocycles. The van der Waals surface area contributed by atoms with Crippen molar-refractivity contribution in [2.75, 3.05) is 19.8 Å². The maximum absolute atomic E-state index is 11.2. The summed E-state index contributed by atoms with van der Waals surface area (Å²) in [5.41, 5.74) is 0. The molecule has 0 spiro atoms. The van der Waals surface area contributed by atoms with Gasteiger partial charge < -0.3 is 14.6 Å². The molecule has 0 aromatic rings. The second kappa shape index (κ2) is 23.7. The first-order valence-electron chi connectivity index (χ1n) is 12.6. The van der Waals surface area contributed by atoms with E-state index in [1.807, 2.05) is 0 Å². The summed E-state index contributed by atoms with van der Waals surface area (Å²) < 4.78 is 10.6. The molecule has 0 fully saturated rings. The molecule has 174 valence electrons. The Balaban J connectivity index is 3.17. The molecule has 0 heterocycles. The van der Waals surface area contributed by atoms with Crippen LogP contribution in [0.1, 0.15) is 129 Å². The highest BCUT2D eigenvalue weighted by molar-refractivity contribution is 5.69. The van der Waals surface area contributed by atoms with Gasteiger partial charge in [-0.15, -0.1) is 0 Å². The van der Waals surface area contributed by atoms with Crippen molar-refractivity contribution in [3.8, 4) is 0 Å². The number of carbonyl (C=O) groups is 1. The quantitative estimate of drug-likeness (QED) is 0.145. The predicted molar refractivity (Wildman–Crippen MR) is 122 cm³/mol. The van der Waals surface area contributed by atoms with Gasteiger partial charge in [0.25, 0.3) is 0 Å². The fraction of sp³-hybridized carbons (Fsp3) is 0.960. The topological polar surface area (TPSA) is 55.8 Å². The van der Waals surface area contributed by atoms with Crippen LogP contribution in [0, 0.1) is 0 Å². The van der Waals surface area contributed by atoms with Gasteiger partial charge in [0, 0.05) is 13.0 Å². The molecular formula is C25H50O4. The lowest BCUT2D eigenvalue weighted by Crippen LogP contribution is -2.27. The van der Waals surface area contributed by atoms with Gasteiger partial charge >= 0.3 is 5.97 Å². The van der Waals surface area contributed by atoms with Crippen LogP contribution in [0.4, 0.5) is 0 Å². The molecule has 0 saturated carbocycles. The molecule has 0 radical (unpaired) electrons. The fourth-order valence-electron chi connectivity index (χ4n) is 3.54. The number of hydrogen-bond acceptors (Lipinski definition) is 4. The van der Waals surface area contributed by atoms with E-state index in [1.54, 1.807) is 6.92 Å². The predicted octanol–water partition coefficient (Wildman–Crippen LogP) is 6.97. The lowest BCUT2D eigenvalue weighted by molar-refractivity contribution is -0.154. The van der Waals surface area contributed by atoms with E-state index in [4.69, 9.17) is 14.6 Å². The first-order valence-corrected chi connectivity index (χ1v) is 12.6. The zero-order valence-electron chi connectivity index (χ0n) is 19.6. The molecule has 4 nitrogen and oxygen atoms in total. The Hall–Kier alpha value is -0.610. The number of ether oxygens (including phenoxy) is 2. The zero-order valence-corrected chi connectivity index (χ0v) is 19.6. The Kier molecular flexibility index (Phi) is 23.2. The Bertz CT molecular complexity index is 333. The summed E-state index contributed by atoms with van der Waals surface area (Å²) in [6.45, 7) is 4.82. The molecule has 0 rings (SSSR count). The molecule has 0 amide bonds. The fourth-order valence-corrected chi connectivity index (χ4v) is 3.54. The van der Waals surface area contributed by atoms with Gasteiger partial charge in [0.05, 0.1) is 13.2 Å². The number of carbonyl (C=O) groups excluding carboxylic acids is 1. The minimum absolute atomic E-state index is 0.176. The van der Waals surface area contributed by atoms with E-state index in [-0.39, 0.29) is 12.6 Å². The zero-order chi connectivity index (χ0) is 21.4. The minimum Gasteiger partial charge on any atom is -0.457 e. The Morgan fingerprint density at radius 3 is 1.48 bits per heavy atom. The number of unbranched alkanes of at least 4 members (excludes halogenated alkanes) is 16. The standard InChI is InChI=1S/C25H50O4/c1-3-5-6-7-8-9-10-11-12-13-14-15-16-17-18-19-20-21-28-23-24(22-26)29-25(27)4-2/h24,26H,3-23H2,1-2H3. The molecule has 0 aliphatic rings. The number of aliphatic hydroxyl groups is 1. The Labute approximate surface area is 181 Å². The van der Waals surface area contributed by atoms with Gasteiger partial charge in [-0.2, -0.15) is 0 Å². The summed E-state index contributed by atoms with van der Waals surface area (Å²) in [7, 11) is 0. The van der Waals surface area contributed by atoms with Crippen molar-refractivity contribution < 1.29 is 19.4 Å². The largest absolute Gasteiger partial charge is 0.457 e. The smallest absolute Gasteiger partial charge is 0.305 e. The second-order valence-corrected chi connectivity index (χ2v) is 8.38. The van der Waals surface area contributed by atoms with Gasteiger partial charge in [0.15, 0.2) is 0 Å². The number of aliphatic hydroxyl groups excluding tert-OH is 1. The van der Waals surface area contributed by atoms with Gasteiger partial charge in [0.1, 0.15) is 6.10 Å². The van der Waals surface area contributed by atoms with E-state index in [0.29, 0.717) is 19.6 Å². The van der Waals surface area contributed by atoms with Crippen LogP contribution in [-0.4, -0.2) is 37.0 Å². The van der Waals surface area contributed by atoms with Gasteiger partial charge in [-0.05, 0) is 6.42 Å². The van der Waals surface area contributed by atoms with Gasteiger partial charge in [-0.25, -0.2) is 0 Å². The lowest BCUT2D eigenvalue weighted by Gasteiger charge is -2.15. The third-order valence-corrected chi connectivity index (χ3v) is 5.49. The van der Waals surface area contributed by atoms with Crippen LogP contribution in [0.15, 0.2) is 0 Å². The van der Waals surface area contributed by atoms with Crippen molar-refractivity contribution in [1.29, 1.82) is 0 Å². The molecule has 0 bridgehead atoms. The molecule has 0 saturated heterocycles.